The third-order valence-electron chi connectivity index (χ3n) is 2.25. The van der Waals surface area contributed by atoms with Crippen molar-refractivity contribution in [3.8, 4) is 0 Å². The first-order chi connectivity index (χ1) is 8.15. The van der Waals surface area contributed by atoms with Gasteiger partial charge < -0.3 is 14.4 Å². The molecule has 0 aliphatic rings. The lowest BCUT2D eigenvalue weighted by atomic mass is 10.3. The number of methoxy groups -OCH3 is 1. The SMILES string of the molecule is COCCOCC(=O)N(C)c1ccc(F)cc1. The van der Waals surface area contributed by atoms with E-state index in [1.54, 1.807) is 26.3 Å². The van der Waals surface area contributed by atoms with Crippen molar-refractivity contribution in [2.45, 2.75) is 0 Å². The van der Waals surface area contributed by atoms with Crippen LogP contribution in [0, 0.1) is 5.82 Å². The third-order valence-corrected chi connectivity index (χ3v) is 2.25. The Morgan fingerprint density at radius 3 is 2.53 bits per heavy atom. The second-order valence-corrected chi connectivity index (χ2v) is 3.47. The number of carbonyl (C=O) groups is 1. The molecular formula is C12H16FNO3. The molecule has 5 heteroatoms. The highest BCUT2D eigenvalue weighted by Gasteiger charge is 2.10. The van der Waals surface area contributed by atoms with Crippen molar-refractivity contribution in [2.75, 3.05) is 38.9 Å². The summed E-state index contributed by atoms with van der Waals surface area (Å²) in [5.41, 5.74) is 0.631. The minimum atomic E-state index is -0.328. The summed E-state index contributed by atoms with van der Waals surface area (Å²) in [6.45, 7) is 0.810. The quantitative estimate of drug-likeness (QED) is 0.708. The van der Waals surface area contributed by atoms with Crippen LogP contribution < -0.4 is 4.90 Å². The zero-order valence-corrected chi connectivity index (χ0v) is 9.98. The topological polar surface area (TPSA) is 38.8 Å². The number of nitrogens with zero attached hydrogens (tertiary/aromatic N) is 1. The molecule has 0 spiro atoms. The summed E-state index contributed by atoms with van der Waals surface area (Å²) < 4.78 is 22.6. The second-order valence-electron chi connectivity index (χ2n) is 3.47. The number of hydrogen-bond donors (Lipinski definition) is 0. The highest BCUT2D eigenvalue weighted by Crippen LogP contribution is 2.13. The lowest BCUT2D eigenvalue weighted by Crippen LogP contribution is -2.30. The van der Waals surface area contributed by atoms with Gasteiger partial charge in [0.05, 0.1) is 13.2 Å². The molecule has 1 amide bonds. The summed E-state index contributed by atoms with van der Waals surface area (Å²) in [5.74, 6) is -0.515. The van der Waals surface area contributed by atoms with Gasteiger partial charge in [0.1, 0.15) is 12.4 Å². The molecule has 1 rings (SSSR count). The lowest BCUT2D eigenvalue weighted by molar-refractivity contribution is -0.123. The maximum Gasteiger partial charge on any atom is 0.252 e. The predicted molar refractivity (Wildman–Crippen MR) is 62.5 cm³/mol. The lowest BCUT2D eigenvalue weighted by Gasteiger charge is -2.17. The summed E-state index contributed by atoms with van der Waals surface area (Å²) in [7, 11) is 3.19. The number of likely N-dealkylation sites (N-methyl/N-ethyl adjacent to an activating group) is 1. The van der Waals surface area contributed by atoms with Crippen LogP contribution in [-0.2, 0) is 14.3 Å². The number of benzene rings is 1. The fourth-order valence-corrected chi connectivity index (χ4v) is 1.21. The molecule has 94 valence electrons. The largest absolute Gasteiger partial charge is 0.382 e. The van der Waals surface area contributed by atoms with Crippen molar-refractivity contribution >= 4 is 11.6 Å². The van der Waals surface area contributed by atoms with E-state index in [-0.39, 0.29) is 18.3 Å². The monoisotopic (exact) mass is 241 g/mol. The molecule has 0 fully saturated rings. The number of ether oxygens (including phenoxy) is 2. The molecule has 0 saturated carbocycles. The Labute approximate surface area is 99.9 Å². The van der Waals surface area contributed by atoms with Crippen LogP contribution in [0.3, 0.4) is 0 Å². The van der Waals surface area contributed by atoms with Crippen LogP contribution in [0.5, 0.6) is 0 Å². The first-order valence-electron chi connectivity index (χ1n) is 5.24. The van der Waals surface area contributed by atoms with E-state index in [0.717, 1.165) is 0 Å². The molecule has 0 atom stereocenters. The van der Waals surface area contributed by atoms with Gasteiger partial charge in [-0.3, -0.25) is 4.79 Å². The van der Waals surface area contributed by atoms with Gasteiger partial charge in [0, 0.05) is 19.8 Å². The second kappa shape index (κ2) is 6.98. The fourth-order valence-electron chi connectivity index (χ4n) is 1.21. The molecule has 0 aromatic heterocycles. The molecular weight excluding hydrogens is 225 g/mol. The first-order valence-corrected chi connectivity index (χ1v) is 5.24. The molecule has 0 saturated heterocycles. The fraction of sp³-hybridized carbons (Fsp3) is 0.417. The summed E-state index contributed by atoms with van der Waals surface area (Å²) >= 11 is 0. The van der Waals surface area contributed by atoms with Crippen molar-refractivity contribution in [2.24, 2.45) is 0 Å². The molecule has 1 aromatic carbocycles. The molecule has 17 heavy (non-hydrogen) atoms. The van der Waals surface area contributed by atoms with Crippen LogP contribution in [0.2, 0.25) is 0 Å². The van der Waals surface area contributed by atoms with Crippen LogP contribution in [0.15, 0.2) is 24.3 Å². The number of anilines is 1. The van der Waals surface area contributed by atoms with E-state index in [2.05, 4.69) is 0 Å². The maximum absolute atomic E-state index is 12.7. The molecule has 0 aliphatic carbocycles. The van der Waals surface area contributed by atoms with Gasteiger partial charge in [-0.25, -0.2) is 4.39 Å². The van der Waals surface area contributed by atoms with Crippen molar-refractivity contribution in [1.29, 1.82) is 0 Å². The molecule has 0 aliphatic heterocycles. The van der Waals surface area contributed by atoms with Gasteiger partial charge in [-0.15, -0.1) is 0 Å². The highest BCUT2D eigenvalue weighted by molar-refractivity contribution is 5.93. The molecule has 0 N–H and O–H groups in total. The van der Waals surface area contributed by atoms with Gasteiger partial charge in [-0.05, 0) is 24.3 Å². The number of amides is 1. The van der Waals surface area contributed by atoms with Crippen LogP contribution >= 0.6 is 0 Å². The van der Waals surface area contributed by atoms with Gasteiger partial charge in [0.2, 0.25) is 0 Å². The van der Waals surface area contributed by atoms with Gasteiger partial charge >= 0.3 is 0 Å². The van der Waals surface area contributed by atoms with Gasteiger partial charge in [-0.1, -0.05) is 0 Å². The van der Waals surface area contributed by atoms with E-state index < -0.39 is 0 Å². The Hall–Kier alpha value is -1.46. The number of hydrogen-bond acceptors (Lipinski definition) is 3. The van der Waals surface area contributed by atoms with E-state index in [0.29, 0.717) is 18.9 Å². The van der Waals surface area contributed by atoms with Crippen LogP contribution in [-0.4, -0.2) is 39.9 Å². The standard InChI is InChI=1S/C12H16FNO3/c1-14(11-5-3-10(13)4-6-11)12(15)9-17-8-7-16-2/h3-6H,7-9H2,1-2H3. The Balaban J connectivity index is 2.43. The molecule has 0 heterocycles. The van der Waals surface area contributed by atoms with Crippen molar-refractivity contribution < 1.29 is 18.7 Å². The Morgan fingerprint density at radius 1 is 1.29 bits per heavy atom. The Morgan fingerprint density at radius 2 is 1.94 bits per heavy atom. The van der Waals surface area contributed by atoms with Crippen molar-refractivity contribution in [3.63, 3.8) is 0 Å². The minimum Gasteiger partial charge on any atom is -0.382 e. The Bertz CT molecular complexity index is 353. The van der Waals surface area contributed by atoms with Crippen molar-refractivity contribution in [3.05, 3.63) is 30.1 Å². The normalized spacial score (nSPS) is 10.3. The van der Waals surface area contributed by atoms with Crippen molar-refractivity contribution in [1.82, 2.24) is 0 Å². The maximum atomic E-state index is 12.7. The average Bonchev–Trinajstić information content (AvgIpc) is 2.34. The zero-order valence-electron chi connectivity index (χ0n) is 9.98. The van der Waals surface area contributed by atoms with E-state index in [9.17, 15) is 9.18 Å². The number of carbonyl (C=O) groups excluding carboxylic acids is 1. The van der Waals surface area contributed by atoms with Gasteiger partial charge in [-0.2, -0.15) is 0 Å². The zero-order chi connectivity index (χ0) is 12.7. The van der Waals surface area contributed by atoms with Gasteiger partial charge in [0.15, 0.2) is 0 Å². The third kappa shape index (κ3) is 4.50. The molecule has 0 radical (unpaired) electrons. The number of rotatable bonds is 6. The van der Waals surface area contributed by atoms with E-state index in [1.165, 1.54) is 17.0 Å². The first kappa shape index (κ1) is 13.6. The summed E-state index contributed by atoms with van der Waals surface area (Å²) in [6.07, 6.45) is 0. The molecule has 0 unspecified atom stereocenters. The van der Waals surface area contributed by atoms with E-state index in [4.69, 9.17) is 9.47 Å². The summed E-state index contributed by atoms with van der Waals surface area (Å²) in [4.78, 5) is 13.1. The van der Waals surface area contributed by atoms with Crippen LogP contribution in [0.1, 0.15) is 0 Å². The predicted octanol–water partition coefficient (Wildman–Crippen LogP) is 1.45. The van der Waals surface area contributed by atoms with E-state index >= 15 is 0 Å². The van der Waals surface area contributed by atoms with E-state index in [1.807, 2.05) is 0 Å². The average molecular weight is 241 g/mol. The van der Waals surface area contributed by atoms with Gasteiger partial charge in [0.25, 0.3) is 5.91 Å². The molecule has 0 bridgehead atoms. The highest BCUT2D eigenvalue weighted by atomic mass is 19.1. The number of halogens is 1. The molecule has 4 nitrogen and oxygen atoms in total. The summed E-state index contributed by atoms with van der Waals surface area (Å²) in [6, 6.07) is 5.71. The smallest absolute Gasteiger partial charge is 0.252 e. The minimum absolute atomic E-state index is 0.0166. The Kier molecular flexibility index (Phi) is 5.59. The summed E-state index contributed by atoms with van der Waals surface area (Å²) in [5, 5.41) is 0. The van der Waals surface area contributed by atoms with Crippen LogP contribution in [0.25, 0.3) is 0 Å². The van der Waals surface area contributed by atoms with Crippen LogP contribution in [0.4, 0.5) is 10.1 Å². The molecule has 1 aromatic rings.